The maximum Gasteiger partial charge on any atom is 0.227 e. The number of thiazole rings is 1. The summed E-state index contributed by atoms with van der Waals surface area (Å²) in [6.45, 7) is 0.258. The fourth-order valence-corrected chi connectivity index (χ4v) is 4.78. The van der Waals surface area contributed by atoms with Gasteiger partial charge in [-0.3, -0.25) is 0 Å². The Kier molecular flexibility index (Phi) is 6.22. The summed E-state index contributed by atoms with van der Waals surface area (Å²) in [6.07, 6.45) is 8.27. The van der Waals surface area contributed by atoms with E-state index in [1.165, 1.54) is 17.6 Å². The van der Waals surface area contributed by atoms with Crippen molar-refractivity contribution in [2.24, 2.45) is 0 Å². The van der Waals surface area contributed by atoms with Crippen LogP contribution in [0.1, 0.15) is 31.4 Å². The number of hydrogen-bond donors (Lipinski definition) is 3. The van der Waals surface area contributed by atoms with E-state index in [1.807, 2.05) is 12.1 Å². The molecule has 3 N–H and O–H groups in total. The lowest BCUT2D eigenvalue weighted by molar-refractivity contribution is 0.116. The zero-order valence-electron chi connectivity index (χ0n) is 18.0. The monoisotopic (exact) mass is 468 g/mol. The second kappa shape index (κ2) is 9.59. The first-order valence-corrected chi connectivity index (χ1v) is 11.5. The highest BCUT2D eigenvalue weighted by molar-refractivity contribution is 7.22. The molecule has 0 spiro atoms. The van der Waals surface area contributed by atoms with Crippen molar-refractivity contribution in [2.45, 2.75) is 44.4 Å². The Morgan fingerprint density at radius 3 is 2.97 bits per heavy atom. The highest BCUT2D eigenvalue weighted by Gasteiger charge is 2.24. The molecule has 0 bridgehead atoms. The minimum absolute atomic E-state index is 0.0272. The number of benzene rings is 1. The Balaban J connectivity index is 1.30. The van der Waals surface area contributed by atoms with Gasteiger partial charge in [0.15, 0.2) is 5.13 Å². The van der Waals surface area contributed by atoms with Crippen LogP contribution in [-0.2, 0) is 6.61 Å². The molecule has 1 aliphatic rings. The van der Waals surface area contributed by atoms with Gasteiger partial charge in [-0.25, -0.2) is 15.0 Å². The van der Waals surface area contributed by atoms with Crippen LogP contribution >= 0.6 is 11.3 Å². The molecule has 0 amide bonds. The summed E-state index contributed by atoms with van der Waals surface area (Å²) in [5, 5.41) is 21.1. The Bertz CT molecular complexity index is 1220. The van der Waals surface area contributed by atoms with Crippen LogP contribution < -0.4 is 20.1 Å². The van der Waals surface area contributed by atoms with E-state index < -0.39 is 0 Å². The Hall–Kier alpha value is -3.44. The second-order valence-corrected chi connectivity index (χ2v) is 8.82. The Labute approximate surface area is 194 Å². The minimum atomic E-state index is -0.344. The maximum atomic E-state index is 10.3. The number of aliphatic hydroxyl groups excluding tert-OH is 1. The van der Waals surface area contributed by atoms with E-state index in [9.17, 15) is 5.11 Å². The molecule has 172 valence electrons. The summed E-state index contributed by atoms with van der Waals surface area (Å²) in [7, 11) is 1.61. The van der Waals surface area contributed by atoms with Gasteiger partial charge in [-0.2, -0.15) is 0 Å². The largest absolute Gasteiger partial charge is 0.494 e. The summed E-state index contributed by atoms with van der Waals surface area (Å²) in [6, 6.07) is 5.58. The van der Waals surface area contributed by atoms with Crippen molar-refractivity contribution >= 4 is 38.3 Å². The van der Waals surface area contributed by atoms with Crippen molar-refractivity contribution in [2.75, 3.05) is 17.7 Å². The minimum Gasteiger partial charge on any atom is -0.494 e. The predicted molar refractivity (Wildman–Crippen MR) is 124 cm³/mol. The van der Waals surface area contributed by atoms with E-state index in [-0.39, 0.29) is 18.8 Å². The normalized spacial score (nSPS) is 18.2. The quantitative estimate of drug-likeness (QED) is 0.347. The highest BCUT2D eigenvalue weighted by Crippen LogP contribution is 2.37. The standard InChI is InChI=1S/C22H24N6O4S/c1-30-18-8-15(31-11-13-6-7-23-21(25-13)26-14-10-24-32-12-14)9-19-20(18)28-22(33-19)27-16-4-2-3-5-17(16)29/h6-10,12,16-17,29H,2-5,11H2,1H3,(H,27,28)(H,23,25,26)/t16-,17-/m0/s1. The van der Waals surface area contributed by atoms with Gasteiger partial charge < -0.3 is 29.7 Å². The lowest BCUT2D eigenvalue weighted by atomic mass is 9.93. The first kappa shape index (κ1) is 21.4. The number of nitrogens with one attached hydrogen (secondary N) is 2. The van der Waals surface area contributed by atoms with E-state index in [2.05, 4.69) is 25.8 Å². The van der Waals surface area contributed by atoms with Gasteiger partial charge in [0, 0.05) is 12.3 Å². The van der Waals surface area contributed by atoms with Crippen LogP contribution in [0.5, 0.6) is 11.5 Å². The third-order valence-corrected chi connectivity index (χ3v) is 6.41. The number of hydrogen-bond acceptors (Lipinski definition) is 11. The molecule has 3 heterocycles. The van der Waals surface area contributed by atoms with Crippen molar-refractivity contribution in [1.82, 2.24) is 20.1 Å². The number of aliphatic hydroxyl groups is 1. The topological polar surface area (TPSA) is 127 Å². The molecule has 0 saturated heterocycles. The summed E-state index contributed by atoms with van der Waals surface area (Å²) in [4.78, 5) is 13.3. The number of fused-ring (bicyclic) bond motifs is 1. The maximum absolute atomic E-state index is 10.3. The summed E-state index contributed by atoms with van der Waals surface area (Å²) >= 11 is 1.52. The van der Waals surface area contributed by atoms with Crippen LogP contribution in [0.2, 0.25) is 0 Å². The molecule has 0 aliphatic heterocycles. The molecule has 5 rings (SSSR count). The predicted octanol–water partition coefficient (Wildman–Crippen LogP) is 4.12. The van der Waals surface area contributed by atoms with Crippen LogP contribution in [0.3, 0.4) is 0 Å². The van der Waals surface area contributed by atoms with Gasteiger partial charge in [0.05, 0.1) is 35.8 Å². The molecule has 1 fully saturated rings. The fraction of sp³-hybridized carbons (Fsp3) is 0.364. The number of anilines is 3. The number of rotatable bonds is 8. The van der Waals surface area contributed by atoms with Crippen LogP contribution in [0.25, 0.3) is 10.2 Å². The van der Waals surface area contributed by atoms with Gasteiger partial charge in [0.2, 0.25) is 5.95 Å². The number of methoxy groups -OCH3 is 1. The van der Waals surface area contributed by atoms with Gasteiger partial charge in [0.25, 0.3) is 0 Å². The van der Waals surface area contributed by atoms with Gasteiger partial charge in [0.1, 0.15) is 35.6 Å². The average molecular weight is 469 g/mol. The summed E-state index contributed by atoms with van der Waals surface area (Å²) in [5.41, 5.74) is 2.14. The molecular weight excluding hydrogens is 444 g/mol. The molecule has 1 saturated carbocycles. The van der Waals surface area contributed by atoms with Crippen molar-refractivity contribution in [3.05, 3.63) is 42.5 Å². The smallest absolute Gasteiger partial charge is 0.227 e. The molecule has 2 atom stereocenters. The first-order chi connectivity index (χ1) is 16.2. The molecule has 1 aliphatic carbocycles. The molecule has 4 aromatic rings. The van der Waals surface area contributed by atoms with Crippen LogP contribution in [-0.4, -0.2) is 44.5 Å². The van der Waals surface area contributed by atoms with E-state index in [1.54, 1.807) is 25.6 Å². The van der Waals surface area contributed by atoms with Gasteiger partial charge in [-0.1, -0.05) is 29.3 Å². The zero-order valence-corrected chi connectivity index (χ0v) is 18.8. The molecule has 33 heavy (non-hydrogen) atoms. The number of aromatic nitrogens is 4. The zero-order chi connectivity index (χ0) is 22.6. The molecule has 3 aromatic heterocycles. The van der Waals surface area contributed by atoms with Gasteiger partial charge >= 0.3 is 0 Å². The lowest BCUT2D eigenvalue weighted by Crippen LogP contribution is -2.36. The Morgan fingerprint density at radius 2 is 2.15 bits per heavy atom. The van der Waals surface area contributed by atoms with Crippen molar-refractivity contribution in [3.8, 4) is 11.5 Å². The molecule has 1 aromatic carbocycles. The van der Waals surface area contributed by atoms with E-state index in [4.69, 9.17) is 19.0 Å². The van der Waals surface area contributed by atoms with Crippen molar-refractivity contribution < 1.29 is 19.1 Å². The Morgan fingerprint density at radius 1 is 1.24 bits per heavy atom. The third-order valence-electron chi connectivity index (χ3n) is 5.48. The molecule has 0 radical (unpaired) electrons. The van der Waals surface area contributed by atoms with E-state index in [0.29, 0.717) is 28.8 Å². The first-order valence-electron chi connectivity index (χ1n) is 10.7. The third kappa shape index (κ3) is 4.99. The van der Waals surface area contributed by atoms with Crippen LogP contribution in [0.15, 0.2) is 41.4 Å². The van der Waals surface area contributed by atoms with Crippen LogP contribution in [0, 0.1) is 0 Å². The average Bonchev–Trinajstić information content (AvgIpc) is 3.48. The summed E-state index contributed by atoms with van der Waals surface area (Å²) in [5.74, 6) is 1.71. The highest BCUT2D eigenvalue weighted by atomic mass is 32.1. The fourth-order valence-electron chi connectivity index (χ4n) is 3.80. The number of nitrogens with zero attached hydrogens (tertiary/aromatic N) is 4. The van der Waals surface area contributed by atoms with E-state index in [0.717, 1.165) is 41.0 Å². The van der Waals surface area contributed by atoms with Crippen molar-refractivity contribution in [3.63, 3.8) is 0 Å². The molecule has 11 heteroatoms. The lowest BCUT2D eigenvalue weighted by Gasteiger charge is -2.27. The second-order valence-electron chi connectivity index (χ2n) is 7.79. The van der Waals surface area contributed by atoms with Gasteiger partial charge in [-0.05, 0) is 25.0 Å². The molecule has 0 unspecified atom stereocenters. The van der Waals surface area contributed by atoms with Crippen molar-refractivity contribution in [1.29, 1.82) is 0 Å². The molecular formula is C22H24N6O4S. The number of ether oxygens (including phenoxy) is 2. The molecule has 10 nitrogen and oxygen atoms in total. The van der Waals surface area contributed by atoms with Crippen LogP contribution in [0.4, 0.5) is 16.8 Å². The van der Waals surface area contributed by atoms with Gasteiger partial charge in [-0.15, -0.1) is 0 Å². The summed E-state index contributed by atoms with van der Waals surface area (Å²) < 4.78 is 17.3. The van der Waals surface area contributed by atoms with E-state index >= 15 is 0 Å². The SMILES string of the molecule is COc1cc(OCc2ccnc(Nc3cnoc3)n2)cc2sc(N[C@H]3CCCC[C@@H]3O)nc12.